The molecule has 31 heavy (non-hydrogen) atoms. The number of ether oxygens (including phenoxy) is 1. The molecule has 8 heteroatoms. The van der Waals surface area contributed by atoms with E-state index in [4.69, 9.17) is 4.74 Å². The first-order chi connectivity index (χ1) is 14.9. The van der Waals surface area contributed by atoms with Crippen LogP contribution in [0.15, 0.2) is 48.9 Å². The molecular formula is C23H22F2N4O2. The molecule has 0 aliphatic carbocycles. The molecule has 1 aromatic carbocycles. The van der Waals surface area contributed by atoms with Crippen LogP contribution in [-0.4, -0.2) is 44.4 Å². The Morgan fingerprint density at radius 3 is 2.58 bits per heavy atom. The number of rotatable bonds is 4. The first-order valence-electron chi connectivity index (χ1n) is 10.1. The number of benzene rings is 1. The Hall–Kier alpha value is -3.42. The summed E-state index contributed by atoms with van der Waals surface area (Å²) in [4.78, 5) is 27.1. The highest BCUT2D eigenvalue weighted by atomic mass is 19.1. The largest absolute Gasteiger partial charge is 0.472 e. The van der Waals surface area contributed by atoms with Crippen molar-refractivity contribution in [3.05, 3.63) is 71.7 Å². The summed E-state index contributed by atoms with van der Waals surface area (Å²) in [6.45, 7) is 4.37. The monoisotopic (exact) mass is 424 g/mol. The van der Waals surface area contributed by atoms with Gasteiger partial charge >= 0.3 is 0 Å². The smallest absolute Gasteiger partial charge is 0.255 e. The standard InChI is InChI=1S/C23H22F2N4O2/c1-14-8-9-20(26-11-14)31-19-7-4-10-29(15(19)2)23(30)17-5-3-6-18(25)21(17)22-27-12-16(24)13-28-22/h3,5-6,8-9,11-13,15,19H,4,7,10H2,1-2H3/t15-,19+/m0/s1. The Labute approximate surface area is 178 Å². The Morgan fingerprint density at radius 1 is 1.10 bits per heavy atom. The van der Waals surface area contributed by atoms with E-state index in [1.165, 1.54) is 18.2 Å². The van der Waals surface area contributed by atoms with E-state index < -0.39 is 11.6 Å². The van der Waals surface area contributed by atoms with Crippen molar-refractivity contribution in [3.8, 4) is 17.3 Å². The number of carbonyl (C=O) groups is 1. The summed E-state index contributed by atoms with van der Waals surface area (Å²) >= 11 is 0. The fourth-order valence-corrected chi connectivity index (χ4v) is 3.76. The van der Waals surface area contributed by atoms with Crippen molar-refractivity contribution in [1.82, 2.24) is 19.9 Å². The van der Waals surface area contributed by atoms with Crippen LogP contribution >= 0.6 is 0 Å². The Morgan fingerprint density at radius 2 is 1.87 bits per heavy atom. The number of aryl methyl sites for hydroxylation is 1. The summed E-state index contributed by atoms with van der Waals surface area (Å²) in [7, 11) is 0. The fourth-order valence-electron chi connectivity index (χ4n) is 3.76. The number of halogens is 2. The van der Waals surface area contributed by atoms with E-state index in [0.29, 0.717) is 12.4 Å². The summed E-state index contributed by atoms with van der Waals surface area (Å²) in [5.74, 6) is -1.16. The maximum Gasteiger partial charge on any atom is 0.255 e. The molecule has 1 fully saturated rings. The van der Waals surface area contributed by atoms with Crippen molar-refractivity contribution in [2.75, 3.05) is 6.54 Å². The fraction of sp³-hybridized carbons (Fsp3) is 0.304. The highest BCUT2D eigenvalue weighted by Crippen LogP contribution is 2.29. The van der Waals surface area contributed by atoms with Gasteiger partial charge in [-0.1, -0.05) is 12.1 Å². The average molecular weight is 424 g/mol. The van der Waals surface area contributed by atoms with Crippen LogP contribution in [0.5, 0.6) is 5.88 Å². The first kappa shape index (κ1) is 20.8. The van der Waals surface area contributed by atoms with Gasteiger partial charge in [-0.2, -0.15) is 0 Å². The van der Waals surface area contributed by atoms with Crippen molar-refractivity contribution >= 4 is 5.91 Å². The number of aromatic nitrogens is 3. The average Bonchev–Trinajstić information content (AvgIpc) is 2.77. The third kappa shape index (κ3) is 4.38. The molecule has 0 unspecified atom stereocenters. The van der Waals surface area contributed by atoms with Gasteiger partial charge in [-0.25, -0.2) is 23.7 Å². The minimum absolute atomic E-state index is 0.0378. The van der Waals surface area contributed by atoms with Crippen LogP contribution in [0.4, 0.5) is 8.78 Å². The SMILES string of the molecule is Cc1ccc(O[C@@H]2CCCN(C(=O)c3cccc(F)c3-c3ncc(F)cn3)[C@H]2C)nc1. The summed E-state index contributed by atoms with van der Waals surface area (Å²) < 4.78 is 34.0. The van der Waals surface area contributed by atoms with Gasteiger partial charge in [0, 0.05) is 18.8 Å². The molecule has 0 saturated carbocycles. The third-order valence-corrected chi connectivity index (χ3v) is 5.42. The quantitative estimate of drug-likeness (QED) is 0.628. The molecule has 1 amide bonds. The van der Waals surface area contributed by atoms with Gasteiger partial charge < -0.3 is 9.64 Å². The van der Waals surface area contributed by atoms with Crippen LogP contribution in [0, 0.1) is 18.6 Å². The van der Waals surface area contributed by atoms with E-state index >= 15 is 0 Å². The minimum atomic E-state index is -0.640. The molecule has 6 nitrogen and oxygen atoms in total. The summed E-state index contributed by atoms with van der Waals surface area (Å²) in [6, 6.07) is 7.70. The maximum absolute atomic E-state index is 14.7. The lowest BCUT2D eigenvalue weighted by Gasteiger charge is -2.39. The number of pyridine rings is 1. The maximum atomic E-state index is 14.7. The zero-order chi connectivity index (χ0) is 22.0. The van der Waals surface area contributed by atoms with E-state index in [9.17, 15) is 13.6 Å². The number of piperidine rings is 1. The lowest BCUT2D eigenvalue weighted by Crippen LogP contribution is -2.51. The number of amides is 1. The van der Waals surface area contributed by atoms with Crippen molar-refractivity contribution in [1.29, 1.82) is 0 Å². The number of nitrogens with zero attached hydrogens (tertiary/aromatic N) is 4. The van der Waals surface area contributed by atoms with Crippen LogP contribution in [0.1, 0.15) is 35.7 Å². The molecule has 1 saturated heterocycles. The molecule has 2 aromatic heterocycles. The second kappa shape index (κ2) is 8.75. The summed E-state index contributed by atoms with van der Waals surface area (Å²) in [5.41, 5.74) is 1.12. The van der Waals surface area contributed by atoms with Crippen LogP contribution in [0.2, 0.25) is 0 Å². The minimum Gasteiger partial charge on any atom is -0.472 e. The molecule has 0 spiro atoms. The van der Waals surface area contributed by atoms with Gasteiger partial charge in [0.05, 0.1) is 29.6 Å². The molecule has 2 atom stereocenters. The van der Waals surface area contributed by atoms with Crippen molar-refractivity contribution in [2.24, 2.45) is 0 Å². The zero-order valence-electron chi connectivity index (χ0n) is 17.3. The lowest BCUT2D eigenvalue weighted by atomic mass is 9.97. The van der Waals surface area contributed by atoms with Gasteiger partial charge in [-0.3, -0.25) is 4.79 Å². The number of likely N-dealkylation sites (tertiary alicyclic amines) is 1. The molecule has 0 radical (unpaired) electrons. The Kier molecular flexibility index (Phi) is 5.88. The third-order valence-electron chi connectivity index (χ3n) is 5.42. The highest BCUT2D eigenvalue weighted by molar-refractivity contribution is 6.00. The normalized spacial score (nSPS) is 18.6. The molecular weight excluding hydrogens is 402 g/mol. The first-order valence-corrected chi connectivity index (χ1v) is 10.1. The molecule has 3 heterocycles. The van der Waals surface area contributed by atoms with E-state index in [1.54, 1.807) is 17.2 Å². The van der Waals surface area contributed by atoms with E-state index in [0.717, 1.165) is 30.8 Å². The van der Waals surface area contributed by atoms with Crippen LogP contribution in [-0.2, 0) is 0 Å². The van der Waals surface area contributed by atoms with Gasteiger partial charge in [0.1, 0.15) is 11.9 Å². The summed E-state index contributed by atoms with van der Waals surface area (Å²) in [6.07, 6.45) is 4.90. The van der Waals surface area contributed by atoms with Gasteiger partial charge in [0.2, 0.25) is 5.88 Å². The zero-order valence-corrected chi connectivity index (χ0v) is 17.3. The van der Waals surface area contributed by atoms with Gasteiger partial charge in [0.15, 0.2) is 11.6 Å². The van der Waals surface area contributed by atoms with Gasteiger partial charge in [-0.15, -0.1) is 0 Å². The number of hydrogen-bond acceptors (Lipinski definition) is 5. The van der Waals surface area contributed by atoms with Crippen molar-refractivity contribution < 1.29 is 18.3 Å². The van der Waals surface area contributed by atoms with E-state index in [2.05, 4.69) is 15.0 Å². The molecule has 4 rings (SSSR count). The van der Waals surface area contributed by atoms with Crippen LogP contribution in [0.3, 0.4) is 0 Å². The van der Waals surface area contributed by atoms with Gasteiger partial charge in [-0.05, 0) is 44.4 Å². The van der Waals surface area contributed by atoms with Gasteiger partial charge in [0.25, 0.3) is 5.91 Å². The molecule has 1 aliphatic heterocycles. The van der Waals surface area contributed by atoms with Crippen LogP contribution < -0.4 is 4.74 Å². The predicted octanol–water partition coefficient (Wildman–Crippen LogP) is 4.20. The summed E-state index contributed by atoms with van der Waals surface area (Å²) in [5, 5.41) is 0. The lowest BCUT2D eigenvalue weighted by molar-refractivity contribution is 0.0266. The highest BCUT2D eigenvalue weighted by Gasteiger charge is 2.34. The van der Waals surface area contributed by atoms with Crippen molar-refractivity contribution in [3.63, 3.8) is 0 Å². The van der Waals surface area contributed by atoms with Crippen molar-refractivity contribution in [2.45, 2.75) is 38.8 Å². The number of carbonyl (C=O) groups excluding carboxylic acids is 1. The number of hydrogen-bond donors (Lipinski definition) is 0. The Bertz CT molecular complexity index is 1070. The van der Waals surface area contributed by atoms with E-state index in [-0.39, 0.29) is 35.0 Å². The molecule has 160 valence electrons. The molecule has 3 aromatic rings. The molecule has 0 bridgehead atoms. The second-order valence-corrected chi connectivity index (χ2v) is 7.60. The Balaban J connectivity index is 1.61. The molecule has 0 N–H and O–H groups in total. The second-order valence-electron chi connectivity index (χ2n) is 7.60. The van der Waals surface area contributed by atoms with E-state index in [1.807, 2.05) is 19.9 Å². The van der Waals surface area contributed by atoms with Crippen LogP contribution in [0.25, 0.3) is 11.4 Å². The topological polar surface area (TPSA) is 68.2 Å². The molecule has 1 aliphatic rings. The predicted molar refractivity (Wildman–Crippen MR) is 111 cm³/mol.